The maximum absolute atomic E-state index is 13.9. The molecule has 0 aliphatic heterocycles. The lowest BCUT2D eigenvalue weighted by molar-refractivity contribution is -0.142. The van der Waals surface area contributed by atoms with Crippen molar-refractivity contribution >= 4 is 48.2 Å². The number of rotatable bonds is 11. The fourth-order valence-electron chi connectivity index (χ4n) is 8.02. The van der Waals surface area contributed by atoms with E-state index < -0.39 is 8.24 Å². The number of benzene rings is 2. The second-order valence-electron chi connectivity index (χ2n) is 13.4. The zero-order valence-corrected chi connectivity index (χ0v) is 28.7. The monoisotopic (exact) mass is 608 g/mol. The molecule has 1 unspecified atom stereocenters. The molecule has 0 spiro atoms. The van der Waals surface area contributed by atoms with Gasteiger partial charge in [-0.05, 0) is 70.9 Å². The number of hydrogen-bond donors (Lipinski definition) is 0. The van der Waals surface area contributed by atoms with Crippen LogP contribution in [0.15, 0.2) is 42.6 Å². The van der Waals surface area contributed by atoms with Crippen LogP contribution in [0.25, 0.3) is 10.9 Å². The fourth-order valence-corrected chi connectivity index (χ4v) is 14.9. The smallest absolute Gasteiger partial charge is 0.313 e. The van der Waals surface area contributed by atoms with E-state index in [1.54, 1.807) is 0 Å². The van der Waals surface area contributed by atoms with Crippen LogP contribution in [-0.2, 0) is 9.53 Å². The molecule has 0 N–H and O–H groups in total. The van der Waals surface area contributed by atoms with Gasteiger partial charge in [-0.25, -0.2) is 0 Å². The molecule has 1 fully saturated rings. The number of carbonyl (C=O) groups is 2. The van der Waals surface area contributed by atoms with E-state index in [2.05, 4.69) is 52.0 Å². The molecule has 1 heterocycles. The third kappa shape index (κ3) is 5.81. The van der Waals surface area contributed by atoms with Gasteiger partial charge >= 0.3 is 5.97 Å². The van der Waals surface area contributed by atoms with Gasteiger partial charge in [0.1, 0.15) is 0 Å². The highest BCUT2D eigenvalue weighted by molar-refractivity contribution is 6.82. The van der Waals surface area contributed by atoms with E-state index in [-0.39, 0.29) is 17.7 Å². The van der Waals surface area contributed by atoms with Gasteiger partial charge in [-0.2, -0.15) is 0 Å². The summed E-state index contributed by atoms with van der Waals surface area (Å²) in [5, 5.41) is 1.38. The van der Waals surface area contributed by atoms with Crippen molar-refractivity contribution in [3.05, 3.63) is 64.3 Å². The summed E-state index contributed by atoms with van der Waals surface area (Å²) >= 11 is 6.96. The Morgan fingerprint density at radius 1 is 0.976 bits per heavy atom. The molecule has 1 aliphatic carbocycles. The van der Waals surface area contributed by atoms with Crippen molar-refractivity contribution in [2.24, 2.45) is 5.92 Å². The summed E-state index contributed by atoms with van der Waals surface area (Å²) in [5.41, 5.74) is 5.42. The molecule has 2 aromatic carbocycles. The predicted molar refractivity (Wildman–Crippen MR) is 179 cm³/mol. The molecule has 1 saturated carbocycles. The number of ether oxygens (including phenoxy) is 1. The third-order valence-electron chi connectivity index (χ3n) is 9.91. The average molecular weight is 609 g/mol. The van der Waals surface area contributed by atoms with Gasteiger partial charge in [0, 0.05) is 48.0 Å². The van der Waals surface area contributed by atoms with Crippen molar-refractivity contribution in [3.63, 3.8) is 0 Å². The van der Waals surface area contributed by atoms with Crippen LogP contribution in [0, 0.1) is 5.92 Å². The lowest BCUT2D eigenvalue weighted by Gasteiger charge is -2.44. The van der Waals surface area contributed by atoms with Gasteiger partial charge in [-0.1, -0.05) is 78.8 Å². The quantitative estimate of drug-likeness (QED) is 0.124. The lowest BCUT2D eigenvalue weighted by atomic mass is 9.87. The number of carbonyl (C=O) groups excluding carboxylic acids is 2. The number of aromatic nitrogens is 1. The van der Waals surface area contributed by atoms with Crippen LogP contribution in [0.1, 0.15) is 101 Å². The number of methoxy groups -OCH3 is 1. The van der Waals surface area contributed by atoms with E-state index >= 15 is 0 Å². The number of nitrogens with zero attached hydrogens (tertiary/aromatic N) is 2. The van der Waals surface area contributed by atoms with Crippen LogP contribution in [0.5, 0.6) is 0 Å². The molecule has 1 aliphatic rings. The van der Waals surface area contributed by atoms with Crippen molar-refractivity contribution < 1.29 is 14.3 Å². The summed E-state index contributed by atoms with van der Waals surface area (Å²) in [6, 6.07) is 11.6. The minimum absolute atomic E-state index is 0.0945. The normalized spacial score (nSPS) is 15.3. The largest absolute Gasteiger partial charge is 0.469 e. The average Bonchev–Trinajstić information content (AvgIpc) is 3.58. The van der Waals surface area contributed by atoms with Crippen LogP contribution in [0.4, 0.5) is 5.69 Å². The first-order valence-corrected chi connectivity index (χ1v) is 18.1. The molecule has 228 valence electrons. The molecule has 7 heteroatoms. The number of halogens is 1. The summed E-state index contributed by atoms with van der Waals surface area (Å²) in [4.78, 5) is 29.3. The van der Waals surface area contributed by atoms with E-state index in [0.717, 1.165) is 41.4 Å². The summed E-state index contributed by atoms with van der Waals surface area (Å²) in [5.74, 6) is -0.139. The first-order valence-electron chi connectivity index (χ1n) is 15.6. The van der Waals surface area contributed by atoms with Crippen LogP contribution in [0.3, 0.4) is 0 Å². The van der Waals surface area contributed by atoms with Crippen molar-refractivity contribution in [1.82, 2.24) is 4.23 Å². The number of anilines is 1. The predicted octanol–water partition coefficient (Wildman–Crippen LogP) is 9.45. The third-order valence-corrected chi connectivity index (χ3v) is 17.0. The Morgan fingerprint density at radius 2 is 1.55 bits per heavy atom. The van der Waals surface area contributed by atoms with E-state index in [4.69, 9.17) is 16.3 Å². The second-order valence-corrected chi connectivity index (χ2v) is 19.5. The molecule has 1 atom stereocenters. The van der Waals surface area contributed by atoms with Gasteiger partial charge in [-0.3, -0.25) is 9.59 Å². The van der Waals surface area contributed by atoms with Gasteiger partial charge < -0.3 is 13.9 Å². The molecule has 0 amide bonds. The second kappa shape index (κ2) is 13.0. The Morgan fingerprint density at radius 3 is 2.05 bits per heavy atom. The highest BCUT2D eigenvalue weighted by Gasteiger charge is 2.47. The molecule has 4 rings (SSSR count). The molecule has 0 saturated heterocycles. The van der Waals surface area contributed by atoms with Gasteiger partial charge in [-0.15, -0.1) is 0 Å². The maximum atomic E-state index is 13.9. The number of hydrogen-bond acceptors (Lipinski definition) is 4. The summed E-state index contributed by atoms with van der Waals surface area (Å²) < 4.78 is 7.93. The minimum atomic E-state index is -2.25. The topological polar surface area (TPSA) is 51.5 Å². The van der Waals surface area contributed by atoms with Crippen LogP contribution in [0.2, 0.25) is 21.6 Å². The van der Waals surface area contributed by atoms with Crippen molar-refractivity contribution in [1.29, 1.82) is 0 Å². The summed E-state index contributed by atoms with van der Waals surface area (Å²) in [7, 11) is 3.20. The van der Waals surface area contributed by atoms with E-state index in [0.29, 0.717) is 38.7 Å². The molecule has 0 radical (unpaired) electrons. The van der Waals surface area contributed by atoms with Crippen LogP contribution < -0.4 is 4.90 Å². The van der Waals surface area contributed by atoms with Crippen molar-refractivity contribution in [3.8, 4) is 0 Å². The number of esters is 1. The molecule has 42 heavy (non-hydrogen) atoms. The molecule has 0 bridgehead atoms. The van der Waals surface area contributed by atoms with Crippen LogP contribution >= 0.6 is 11.6 Å². The maximum Gasteiger partial charge on any atom is 0.313 e. The number of fused-ring (bicyclic) bond motifs is 1. The molecule has 5 nitrogen and oxygen atoms in total. The first-order chi connectivity index (χ1) is 19.8. The summed E-state index contributed by atoms with van der Waals surface area (Å²) in [6.07, 6.45) is 7.78. The Kier molecular flexibility index (Phi) is 9.99. The zero-order valence-electron chi connectivity index (χ0n) is 27.0. The highest BCUT2D eigenvalue weighted by atomic mass is 35.5. The van der Waals surface area contributed by atoms with Crippen molar-refractivity contribution in [2.45, 2.75) is 96.2 Å². The summed E-state index contributed by atoms with van der Waals surface area (Å²) in [6.45, 7) is 14.0. The van der Waals surface area contributed by atoms with E-state index in [1.165, 1.54) is 20.0 Å². The Labute approximate surface area is 258 Å². The minimum Gasteiger partial charge on any atom is -0.469 e. The van der Waals surface area contributed by atoms with Gasteiger partial charge in [0.2, 0.25) is 0 Å². The zero-order chi connectivity index (χ0) is 30.9. The lowest BCUT2D eigenvalue weighted by Crippen LogP contribution is -2.51. The molecule has 1 aromatic heterocycles. The SMILES string of the molecule is COC(=O)C(CC1CCCC1)c1cn([Si](C(C)C)(C(C)C)C(C)C)c2cc(C(=O)c3ccc(N(C)C)cc3)c(Cl)cc12. The Balaban J connectivity index is 1.99. The number of ketones is 1. The highest BCUT2D eigenvalue weighted by Crippen LogP contribution is 2.47. The van der Waals surface area contributed by atoms with Gasteiger partial charge in [0.15, 0.2) is 14.0 Å². The van der Waals surface area contributed by atoms with E-state index in [9.17, 15) is 9.59 Å². The van der Waals surface area contributed by atoms with Gasteiger partial charge in [0.25, 0.3) is 0 Å². The fraction of sp³-hybridized carbons (Fsp3) is 0.543. The molecule has 3 aromatic rings. The first kappa shape index (κ1) is 32.3. The van der Waals surface area contributed by atoms with Crippen LogP contribution in [-0.4, -0.2) is 45.4 Å². The van der Waals surface area contributed by atoms with E-state index in [1.807, 2.05) is 55.4 Å². The van der Waals surface area contributed by atoms with Gasteiger partial charge in [0.05, 0.1) is 18.1 Å². The molecular formula is C35H49ClN2O3Si. The molecular weight excluding hydrogens is 560 g/mol. The Bertz CT molecular complexity index is 1400. The van der Waals surface area contributed by atoms with Crippen molar-refractivity contribution in [2.75, 3.05) is 26.1 Å². The standard InChI is InChI=1S/C35H49ClN2O3Si/c1-22(2)42(23(3)4,24(5)6)38-21-31(29(35(40)41-9)18-25-12-10-11-13-25)28-19-32(36)30(20-33(28)38)34(39)26-14-16-27(17-15-26)37(7)8/h14-17,19-25,29H,10-13,18H2,1-9H3. The Hall–Kier alpha value is -2.57.